The monoisotopic (exact) mass is 321 g/mol. The molecule has 0 saturated heterocycles. The second kappa shape index (κ2) is 7.61. The molecule has 6 nitrogen and oxygen atoms in total. The van der Waals surface area contributed by atoms with Crippen LogP contribution in [0.1, 0.15) is 5.56 Å². The molecule has 116 valence electrons. The quantitative estimate of drug-likeness (QED) is 0.873. The Bertz CT molecular complexity index is 698. The lowest BCUT2D eigenvalue weighted by molar-refractivity contribution is -0.123. The zero-order chi connectivity index (χ0) is 15.9. The van der Waals surface area contributed by atoms with Gasteiger partial charge >= 0.3 is 0 Å². The second-order valence-corrected chi connectivity index (χ2v) is 5.10. The van der Waals surface area contributed by atoms with Crippen molar-refractivity contribution in [1.29, 1.82) is 0 Å². The molecule has 0 unspecified atom stereocenters. The van der Waals surface area contributed by atoms with E-state index in [1.54, 1.807) is 31.2 Å². The van der Waals surface area contributed by atoms with Crippen LogP contribution in [0.2, 0.25) is 5.02 Å². The SMILES string of the molecule is Cc1cncn(CCNC(=O)COc2ccc(Cl)cc2)c1=O. The summed E-state index contributed by atoms with van der Waals surface area (Å²) in [6, 6.07) is 6.75. The lowest BCUT2D eigenvalue weighted by atomic mass is 10.3. The van der Waals surface area contributed by atoms with Gasteiger partial charge in [0.25, 0.3) is 11.5 Å². The van der Waals surface area contributed by atoms with Crippen molar-refractivity contribution >= 4 is 17.5 Å². The normalized spacial score (nSPS) is 10.3. The second-order valence-electron chi connectivity index (χ2n) is 4.67. The zero-order valence-electron chi connectivity index (χ0n) is 12.1. The Morgan fingerprint density at radius 1 is 1.36 bits per heavy atom. The van der Waals surface area contributed by atoms with Gasteiger partial charge in [0.1, 0.15) is 5.75 Å². The first-order valence-corrected chi connectivity index (χ1v) is 7.10. The number of aryl methyl sites for hydroxylation is 1. The standard InChI is InChI=1S/C15H16ClN3O3/c1-11-8-17-10-19(15(11)21)7-6-18-14(20)9-22-13-4-2-12(16)3-5-13/h2-5,8,10H,6-7,9H2,1H3,(H,18,20). The summed E-state index contributed by atoms with van der Waals surface area (Å²) in [5.74, 6) is 0.308. The molecule has 1 aromatic carbocycles. The minimum Gasteiger partial charge on any atom is -0.484 e. The first-order valence-electron chi connectivity index (χ1n) is 6.72. The summed E-state index contributed by atoms with van der Waals surface area (Å²) in [4.78, 5) is 27.4. The molecule has 0 bridgehead atoms. The summed E-state index contributed by atoms with van der Waals surface area (Å²) in [6.45, 7) is 2.29. The van der Waals surface area contributed by atoms with E-state index in [1.165, 1.54) is 17.1 Å². The molecule has 2 aromatic rings. The van der Waals surface area contributed by atoms with Gasteiger partial charge in [0.05, 0.1) is 6.33 Å². The summed E-state index contributed by atoms with van der Waals surface area (Å²) < 4.78 is 6.77. The molecule has 1 amide bonds. The van der Waals surface area contributed by atoms with Crippen LogP contribution in [0.15, 0.2) is 41.6 Å². The van der Waals surface area contributed by atoms with Crippen LogP contribution in [0.4, 0.5) is 0 Å². The smallest absolute Gasteiger partial charge is 0.258 e. The zero-order valence-corrected chi connectivity index (χ0v) is 12.8. The molecule has 0 atom stereocenters. The Labute approximate surface area is 132 Å². The van der Waals surface area contributed by atoms with Gasteiger partial charge in [-0.15, -0.1) is 0 Å². The molecule has 2 rings (SSSR count). The number of ether oxygens (including phenoxy) is 1. The van der Waals surface area contributed by atoms with Gasteiger partial charge in [0.15, 0.2) is 6.61 Å². The third-order valence-corrected chi connectivity index (χ3v) is 3.18. The predicted octanol–water partition coefficient (Wildman–Crippen LogP) is 1.40. The van der Waals surface area contributed by atoms with Crippen LogP contribution in [0.25, 0.3) is 0 Å². The number of halogens is 1. The van der Waals surface area contributed by atoms with Crippen LogP contribution >= 0.6 is 11.6 Å². The van der Waals surface area contributed by atoms with Crippen LogP contribution in [0, 0.1) is 6.92 Å². The number of amides is 1. The summed E-state index contributed by atoms with van der Waals surface area (Å²) >= 11 is 5.76. The maximum absolute atomic E-state index is 11.8. The minimum atomic E-state index is -0.261. The Balaban J connectivity index is 1.75. The van der Waals surface area contributed by atoms with Crippen molar-refractivity contribution in [2.45, 2.75) is 13.5 Å². The van der Waals surface area contributed by atoms with Crippen LogP contribution in [-0.4, -0.2) is 28.6 Å². The topological polar surface area (TPSA) is 73.2 Å². The average molecular weight is 322 g/mol. The van der Waals surface area contributed by atoms with Crippen molar-refractivity contribution in [2.75, 3.05) is 13.2 Å². The van der Waals surface area contributed by atoms with Crippen LogP contribution < -0.4 is 15.6 Å². The first-order chi connectivity index (χ1) is 10.6. The molecule has 0 aliphatic rings. The lowest BCUT2D eigenvalue weighted by Gasteiger charge is -2.09. The van der Waals surface area contributed by atoms with Crippen LogP contribution in [0.5, 0.6) is 5.75 Å². The maximum Gasteiger partial charge on any atom is 0.258 e. The lowest BCUT2D eigenvalue weighted by Crippen LogP contribution is -2.34. The summed E-state index contributed by atoms with van der Waals surface area (Å²) in [7, 11) is 0. The highest BCUT2D eigenvalue weighted by Gasteiger charge is 2.04. The number of hydrogen-bond acceptors (Lipinski definition) is 4. The van der Waals surface area contributed by atoms with Gasteiger partial charge < -0.3 is 10.1 Å². The minimum absolute atomic E-state index is 0.0946. The van der Waals surface area contributed by atoms with Crippen molar-refractivity contribution in [3.05, 3.63) is 57.7 Å². The molecular weight excluding hydrogens is 306 g/mol. The van der Waals surface area contributed by atoms with E-state index in [2.05, 4.69) is 10.3 Å². The molecule has 0 spiro atoms. The van der Waals surface area contributed by atoms with Crippen LogP contribution in [-0.2, 0) is 11.3 Å². The number of nitrogens with one attached hydrogen (secondary N) is 1. The van der Waals surface area contributed by atoms with Gasteiger partial charge in [0.2, 0.25) is 0 Å². The molecule has 1 N–H and O–H groups in total. The predicted molar refractivity (Wildman–Crippen MR) is 83.2 cm³/mol. The highest BCUT2D eigenvalue weighted by atomic mass is 35.5. The number of carbonyl (C=O) groups is 1. The van der Waals surface area contributed by atoms with Crippen LogP contribution in [0.3, 0.4) is 0 Å². The molecule has 1 aromatic heterocycles. The van der Waals surface area contributed by atoms with E-state index in [0.29, 0.717) is 29.4 Å². The van der Waals surface area contributed by atoms with E-state index >= 15 is 0 Å². The number of aromatic nitrogens is 2. The number of benzene rings is 1. The Hall–Kier alpha value is -2.34. The molecule has 1 heterocycles. The van der Waals surface area contributed by atoms with Gasteiger partial charge in [-0.05, 0) is 31.2 Å². The molecule has 0 saturated carbocycles. The van der Waals surface area contributed by atoms with E-state index < -0.39 is 0 Å². The van der Waals surface area contributed by atoms with Crippen molar-refractivity contribution in [1.82, 2.24) is 14.9 Å². The number of nitrogens with zero attached hydrogens (tertiary/aromatic N) is 2. The van der Waals surface area contributed by atoms with Gasteiger partial charge in [0, 0.05) is 29.9 Å². The molecule has 0 aliphatic heterocycles. The fourth-order valence-electron chi connectivity index (χ4n) is 1.77. The van der Waals surface area contributed by atoms with Gasteiger partial charge in [-0.2, -0.15) is 0 Å². The number of hydrogen-bond donors (Lipinski definition) is 1. The van der Waals surface area contributed by atoms with Gasteiger partial charge in [-0.3, -0.25) is 14.2 Å². The van der Waals surface area contributed by atoms with E-state index in [4.69, 9.17) is 16.3 Å². The molecule has 0 aliphatic carbocycles. The molecule has 0 fully saturated rings. The van der Waals surface area contributed by atoms with Gasteiger partial charge in [-0.1, -0.05) is 11.6 Å². The van der Waals surface area contributed by atoms with Gasteiger partial charge in [-0.25, -0.2) is 4.98 Å². The molecule has 0 radical (unpaired) electrons. The largest absolute Gasteiger partial charge is 0.484 e. The van der Waals surface area contributed by atoms with Crippen molar-refractivity contribution in [2.24, 2.45) is 0 Å². The fourth-order valence-corrected chi connectivity index (χ4v) is 1.89. The molecule has 22 heavy (non-hydrogen) atoms. The van der Waals surface area contributed by atoms with E-state index in [1.807, 2.05) is 0 Å². The number of carbonyl (C=O) groups excluding carboxylic acids is 1. The Morgan fingerprint density at radius 3 is 2.82 bits per heavy atom. The van der Waals surface area contributed by atoms with Crippen molar-refractivity contribution < 1.29 is 9.53 Å². The fraction of sp³-hybridized carbons (Fsp3) is 0.267. The summed E-state index contributed by atoms with van der Waals surface area (Å²) in [5, 5.41) is 3.29. The summed E-state index contributed by atoms with van der Waals surface area (Å²) in [6.07, 6.45) is 2.96. The average Bonchev–Trinajstić information content (AvgIpc) is 2.51. The molecule has 7 heteroatoms. The van der Waals surface area contributed by atoms with E-state index in [0.717, 1.165) is 0 Å². The van der Waals surface area contributed by atoms with E-state index in [-0.39, 0.29) is 18.1 Å². The third-order valence-electron chi connectivity index (χ3n) is 2.93. The van der Waals surface area contributed by atoms with E-state index in [9.17, 15) is 9.59 Å². The van der Waals surface area contributed by atoms with Crippen molar-refractivity contribution in [3.63, 3.8) is 0 Å². The Morgan fingerprint density at radius 2 is 2.09 bits per heavy atom. The highest BCUT2D eigenvalue weighted by Crippen LogP contribution is 2.15. The Kier molecular flexibility index (Phi) is 5.55. The third kappa shape index (κ3) is 4.60. The molecular formula is C15H16ClN3O3. The number of rotatable bonds is 6. The first kappa shape index (κ1) is 16.0. The highest BCUT2D eigenvalue weighted by molar-refractivity contribution is 6.30. The maximum atomic E-state index is 11.8. The summed E-state index contributed by atoms with van der Waals surface area (Å²) in [5.41, 5.74) is 0.460. The van der Waals surface area contributed by atoms with Crippen molar-refractivity contribution in [3.8, 4) is 5.75 Å².